The number of rotatable bonds is 8. The summed E-state index contributed by atoms with van der Waals surface area (Å²) in [6.45, 7) is 6.03. The number of nitriles is 1. The van der Waals surface area contributed by atoms with Gasteiger partial charge in [-0.25, -0.2) is 9.98 Å². The number of ether oxygens (including phenoxy) is 2. The van der Waals surface area contributed by atoms with Crippen LogP contribution < -0.4 is 27.5 Å². The summed E-state index contributed by atoms with van der Waals surface area (Å²) in [7, 11) is 2.05. The van der Waals surface area contributed by atoms with Crippen molar-refractivity contribution in [3.8, 4) is 11.9 Å². The van der Waals surface area contributed by atoms with E-state index < -0.39 is 5.41 Å². The number of carbonyl (C=O) groups is 1. The van der Waals surface area contributed by atoms with Crippen molar-refractivity contribution in [2.45, 2.75) is 81.4 Å². The van der Waals surface area contributed by atoms with Crippen LogP contribution in [0.4, 0.5) is 16.5 Å². The van der Waals surface area contributed by atoms with Gasteiger partial charge in [-0.2, -0.15) is 10.2 Å². The first kappa shape index (κ1) is 34.6. The highest BCUT2D eigenvalue weighted by atomic mass is 32.1. The molecule has 0 unspecified atom stereocenters. The number of aryl methyl sites for hydroxylation is 1. The lowest BCUT2D eigenvalue weighted by molar-refractivity contribution is -0.122. The summed E-state index contributed by atoms with van der Waals surface area (Å²) in [6.07, 6.45) is 11.3. The molecule has 0 bridgehead atoms. The van der Waals surface area contributed by atoms with Crippen molar-refractivity contribution in [2.24, 2.45) is 10.7 Å². The second-order valence-electron chi connectivity index (χ2n) is 13.8. The zero-order valence-electron chi connectivity index (χ0n) is 28.8. The Hall–Kier alpha value is -4.84. The van der Waals surface area contributed by atoms with Gasteiger partial charge in [0.05, 0.1) is 35.4 Å². The van der Waals surface area contributed by atoms with Gasteiger partial charge in [-0.15, -0.1) is 11.3 Å². The number of hydrogen-bond donors (Lipinski definition) is 3. The Morgan fingerprint density at radius 1 is 1.24 bits per heavy atom. The fraction of sp³-hybridized carbons (Fsp3) is 0.459. The Bertz CT molecular complexity index is 2040. The monoisotopic (exact) mass is 709 g/mol. The number of likely N-dealkylation sites (N-methyl/N-ethyl adjacent to an activating group) is 1. The van der Waals surface area contributed by atoms with Crippen LogP contribution in [0.5, 0.6) is 5.88 Å². The first-order valence-corrected chi connectivity index (χ1v) is 18.3. The molecule has 3 aromatic heterocycles. The number of nitrogens with two attached hydrogens (primary N) is 3. The third-order valence-electron chi connectivity index (χ3n) is 10.9. The highest BCUT2D eigenvalue weighted by Gasteiger charge is 2.49. The number of allylic oxidation sites excluding steroid dienone is 1. The highest BCUT2D eigenvalue weighted by Crippen LogP contribution is 2.52. The Morgan fingerprint density at radius 2 is 2.04 bits per heavy atom. The van der Waals surface area contributed by atoms with Crippen molar-refractivity contribution in [1.82, 2.24) is 19.4 Å². The number of carbonyl (C=O) groups excluding carboxylic acids is 1. The van der Waals surface area contributed by atoms with Crippen molar-refractivity contribution in [1.29, 1.82) is 5.26 Å². The van der Waals surface area contributed by atoms with Gasteiger partial charge in [-0.05, 0) is 89.1 Å². The van der Waals surface area contributed by atoms with Gasteiger partial charge in [-0.3, -0.25) is 14.5 Å². The molecule has 2 saturated heterocycles. The van der Waals surface area contributed by atoms with E-state index in [9.17, 15) is 14.9 Å². The molecule has 266 valence electrons. The SMILES string of the molecule is C=C[C@H](Oc1cc(/N=C/c2ccn([C@@H]3CCOC3)c(=O)c2N)nc(/C(N)=C2\CCC[C@@]3(CCCc4sc(N)c(C#N)c43)C2=O)n1)[C@@H]1CCCN1C. The Balaban J connectivity index is 1.28. The molecule has 3 aromatic rings. The van der Waals surface area contributed by atoms with Gasteiger partial charge < -0.3 is 31.2 Å². The van der Waals surface area contributed by atoms with Gasteiger partial charge in [0.15, 0.2) is 17.4 Å². The largest absolute Gasteiger partial charge is 0.468 e. The van der Waals surface area contributed by atoms with E-state index in [0.29, 0.717) is 60.6 Å². The lowest BCUT2D eigenvalue weighted by Gasteiger charge is -2.40. The average Bonchev–Trinajstić information content (AvgIpc) is 3.89. The van der Waals surface area contributed by atoms with E-state index in [4.69, 9.17) is 31.7 Å². The average molecular weight is 710 g/mol. The number of anilines is 2. The van der Waals surface area contributed by atoms with Crippen molar-refractivity contribution in [2.75, 3.05) is 38.3 Å². The highest BCUT2D eigenvalue weighted by molar-refractivity contribution is 7.16. The second-order valence-corrected chi connectivity index (χ2v) is 15.0. The molecule has 2 aliphatic carbocycles. The van der Waals surface area contributed by atoms with E-state index in [1.165, 1.54) is 17.6 Å². The maximum Gasteiger partial charge on any atom is 0.274 e. The molecule has 14 heteroatoms. The Kier molecular flexibility index (Phi) is 9.54. The molecule has 1 spiro atoms. The Labute approximate surface area is 300 Å². The number of likely N-dealkylation sites (tertiary alicyclic amines) is 1. The van der Waals surface area contributed by atoms with Gasteiger partial charge in [0, 0.05) is 41.1 Å². The summed E-state index contributed by atoms with van der Waals surface area (Å²) in [5, 5.41) is 10.5. The van der Waals surface area contributed by atoms with Crippen molar-refractivity contribution in [3.63, 3.8) is 0 Å². The third-order valence-corrected chi connectivity index (χ3v) is 11.9. The topological polar surface area (TPSA) is 201 Å². The summed E-state index contributed by atoms with van der Waals surface area (Å²) >= 11 is 1.40. The van der Waals surface area contributed by atoms with Crippen molar-refractivity contribution < 1.29 is 14.3 Å². The zero-order valence-corrected chi connectivity index (χ0v) is 29.6. The predicted molar refractivity (Wildman–Crippen MR) is 197 cm³/mol. The number of hydrogen-bond acceptors (Lipinski definition) is 13. The van der Waals surface area contributed by atoms with Crippen LogP contribution >= 0.6 is 11.3 Å². The fourth-order valence-electron chi connectivity index (χ4n) is 8.21. The molecule has 4 atom stereocenters. The molecule has 51 heavy (non-hydrogen) atoms. The van der Waals surface area contributed by atoms with Crippen LogP contribution in [-0.4, -0.2) is 70.4 Å². The van der Waals surface area contributed by atoms with Crippen LogP contribution in [0.1, 0.15) is 84.8 Å². The van der Waals surface area contributed by atoms with Gasteiger partial charge in [0.25, 0.3) is 5.56 Å². The van der Waals surface area contributed by atoms with E-state index in [0.717, 1.165) is 49.1 Å². The molecule has 0 aromatic carbocycles. The normalized spacial score (nSPS) is 25.2. The number of thiophene rings is 1. The maximum absolute atomic E-state index is 14.6. The lowest BCUT2D eigenvalue weighted by Crippen LogP contribution is -2.43. The van der Waals surface area contributed by atoms with Crippen LogP contribution in [0.2, 0.25) is 0 Å². The number of aromatic nitrogens is 3. The van der Waals surface area contributed by atoms with E-state index in [-0.39, 0.29) is 58.4 Å². The van der Waals surface area contributed by atoms with Gasteiger partial charge in [0.1, 0.15) is 22.9 Å². The minimum absolute atomic E-state index is 0.0620. The molecule has 5 heterocycles. The van der Waals surface area contributed by atoms with Gasteiger partial charge in [-0.1, -0.05) is 6.58 Å². The molecular weight excluding hydrogens is 667 g/mol. The molecule has 0 amide bonds. The smallest absolute Gasteiger partial charge is 0.274 e. The number of ketones is 1. The van der Waals surface area contributed by atoms with Crippen molar-refractivity contribution in [3.05, 3.63) is 74.3 Å². The zero-order chi connectivity index (χ0) is 35.9. The number of nitrogens with zero attached hydrogens (tertiary/aromatic N) is 6. The van der Waals surface area contributed by atoms with E-state index in [2.05, 4.69) is 34.6 Å². The second kappa shape index (κ2) is 14.1. The van der Waals surface area contributed by atoms with E-state index >= 15 is 0 Å². The molecule has 6 N–H and O–H groups in total. The Morgan fingerprint density at radius 3 is 2.75 bits per heavy atom. The summed E-state index contributed by atoms with van der Waals surface area (Å²) in [5.41, 5.74) is 20.5. The fourth-order valence-corrected chi connectivity index (χ4v) is 9.37. The number of Topliss-reactive ketones (excluding diaryl/α,β-unsaturated/α-hetero) is 1. The van der Waals surface area contributed by atoms with E-state index in [1.54, 1.807) is 29.0 Å². The summed E-state index contributed by atoms with van der Waals surface area (Å²) in [5.74, 6) is 0.428. The molecule has 0 radical (unpaired) electrons. The van der Waals surface area contributed by atoms with Crippen LogP contribution in [0, 0.1) is 11.3 Å². The molecule has 13 nitrogen and oxygen atoms in total. The first-order chi connectivity index (χ1) is 24.6. The molecule has 7 rings (SSSR count). The quantitative estimate of drug-likeness (QED) is 0.172. The third kappa shape index (κ3) is 6.23. The molecule has 2 aliphatic heterocycles. The van der Waals surface area contributed by atoms with Crippen LogP contribution in [-0.2, 0) is 21.4 Å². The minimum atomic E-state index is -0.872. The molecular formula is C37H43N9O4S. The number of pyridine rings is 1. The number of fused-ring (bicyclic) bond motifs is 2. The first-order valence-electron chi connectivity index (χ1n) is 17.5. The minimum Gasteiger partial charge on any atom is -0.468 e. The van der Waals surface area contributed by atoms with Crippen molar-refractivity contribution >= 4 is 45.5 Å². The molecule has 1 saturated carbocycles. The standard InChI is InChI=1S/C37H43N9O4S/c1-3-26(25-8-6-14-45(25)2)50-29-17-28(42-19-21-10-15-46(36(48)31(21)39)22-11-16-49-20-22)43-35(44-29)32(40)23-7-4-12-37(33(23)47)13-5-9-27-30(37)24(18-38)34(41)51-27/h3,10,15,17,19,22,25-26H,1,4-9,11-14,16,20,39-41H2,2H3/b32-23-,42-19+/t22-,25+,26+,37+/m1/s1. The van der Waals surface area contributed by atoms with Crippen LogP contribution in [0.3, 0.4) is 0 Å². The van der Waals surface area contributed by atoms with Crippen LogP contribution in [0.15, 0.2) is 46.3 Å². The number of nitrogen functional groups attached to an aromatic ring is 2. The van der Waals surface area contributed by atoms with Gasteiger partial charge in [0.2, 0.25) is 5.88 Å². The van der Waals surface area contributed by atoms with Gasteiger partial charge >= 0.3 is 0 Å². The number of aliphatic imine (C=N–C) groups is 1. The summed E-state index contributed by atoms with van der Waals surface area (Å²) < 4.78 is 13.5. The molecule has 4 aliphatic rings. The lowest BCUT2D eigenvalue weighted by atomic mass is 9.61. The molecule has 3 fully saturated rings. The van der Waals surface area contributed by atoms with Crippen LogP contribution in [0.25, 0.3) is 5.70 Å². The summed E-state index contributed by atoms with van der Waals surface area (Å²) in [6, 6.07) is 5.65. The maximum atomic E-state index is 14.6. The van der Waals surface area contributed by atoms with E-state index in [1.807, 2.05) is 0 Å². The predicted octanol–water partition coefficient (Wildman–Crippen LogP) is 4.17. The summed E-state index contributed by atoms with van der Waals surface area (Å²) in [4.78, 5) is 45.0.